The number of thioether (sulfide) groups is 1. The Bertz CT molecular complexity index is 865. The highest BCUT2D eigenvalue weighted by Crippen LogP contribution is 2.35. The molecule has 2 aromatic rings. The lowest BCUT2D eigenvalue weighted by atomic mass is 10.1. The number of carbonyl (C=O) groups excluding carboxylic acids is 3. The lowest BCUT2D eigenvalue weighted by molar-refractivity contribution is 0.0642. The molecule has 4 rings (SSSR count). The minimum Gasteiger partial charge on any atom is -0.337 e. The predicted octanol–water partition coefficient (Wildman–Crippen LogP) is 1.48. The SMILES string of the molecule is O=C(NCCSc1ncn[nH]1)Nc1ccc2c(c1)C(=O)N(C1CC1)C2=O. The number of urea groups is 1. The summed E-state index contributed by atoms with van der Waals surface area (Å²) in [6.07, 6.45) is 3.16. The first-order valence-electron chi connectivity index (χ1n) is 8.18. The molecule has 1 aromatic heterocycles. The normalized spacial score (nSPS) is 15.9. The number of imide groups is 1. The minimum absolute atomic E-state index is 0.0315. The van der Waals surface area contributed by atoms with Crippen molar-refractivity contribution in [2.45, 2.75) is 24.0 Å². The summed E-state index contributed by atoms with van der Waals surface area (Å²) in [6.45, 7) is 0.439. The summed E-state index contributed by atoms with van der Waals surface area (Å²) in [4.78, 5) is 42.0. The zero-order chi connectivity index (χ0) is 18.1. The van der Waals surface area contributed by atoms with Gasteiger partial charge >= 0.3 is 6.03 Å². The standard InChI is InChI=1S/C16H16N6O3S/c23-13-11-4-1-9(7-12(11)14(24)22(13)10-2-3-10)20-15(25)17-5-6-26-16-18-8-19-21-16/h1,4,7-8,10H,2-3,5-6H2,(H2,17,20,25)(H,18,19,21). The van der Waals surface area contributed by atoms with E-state index in [9.17, 15) is 14.4 Å². The summed E-state index contributed by atoms with van der Waals surface area (Å²) in [5.74, 6) is 0.115. The molecule has 0 saturated heterocycles. The van der Waals surface area contributed by atoms with E-state index in [1.54, 1.807) is 18.2 Å². The van der Waals surface area contributed by atoms with E-state index in [4.69, 9.17) is 0 Å². The second-order valence-electron chi connectivity index (χ2n) is 5.99. The number of nitrogens with zero attached hydrogens (tertiary/aromatic N) is 3. The number of fused-ring (bicyclic) bond motifs is 1. The van der Waals surface area contributed by atoms with E-state index in [2.05, 4.69) is 25.8 Å². The van der Waals surface area contributed by atoms with Gasteiger partial charge in [-0.3, -0.25) is 19.6 Å². The maximum atomic E-state index is 12.4. The molecule has 26 heavy (non-hydrogen) atoms. The van der Waals surface area contributed by atoms with Gasteiger partial charge in [0, 0.05) is 24.0 Å². The average Bonchev–Trinajstić information content (AvgIpc) is 3.25. The third kappa shape index (κ3) is 3.27. The van der Waals surface area contributed by atoms with Crippen LogP contribution in [0.3, 0.4) is 0 Å². The second-order valence-corrected chi connectivity index (χ2v) is 7.08. The number of amides is 4. The largest absolute Gasteiger partial charge is 0.337 e. The van der Waals surface area contributed by atoms with Crippen molar-refractivity contribution in [1.82, 2.24) is 25.4 Å². The molecular weight excluding hydrogens is 356 g/mol. The van der Waals surface area contributed by atoms with Crippen LogP contribution in [0.2, 0.25) is 0 Å². The van der Waals surface area contributed by atoms with Crippen molar-refractivity contribution in [3.05, 3.63) is 35.7 Å². The molecule has 0 atom stereocenters. The second kappa shape index (κ2) is 6.79. The smallest absolute Gasteiger partial charge is 0.319 e. The molecule has 3 N–H and O–H groups in total. The zero-order valence-electron chi connectivity index (χ0n) is 13.7. The Hall–Kier alpha value is -2.88. The van der Waals surface area contributed by atoms with Gasteiger partial charge in [0.15, 0.2) is 5.16 Å². The van der Waals surface area contributed by atoms with Gasteiger partial charge in [0.2, 0.25) is 0 Å². The zero-order valence-corrected chi connectivity index (χ0v) is 14.5. The molecular formula is C16H16N6O3S. The van der Waals surface area contributed by atoms with Crippen LogP contribution in [0, 0.1) is 0 Å². The Balaban J connectivity index is 1.32. The Morgan fingerprint density at radius 3 is 2.81 bits per heavy atom. The van der Waals surface area contributed by atoms with Crippen LogP contribution in [0.4, 0.5) is 10.5 Å². The highest BCUT2D eigenvalue weighted by Gasteiger charge is 2.44. The summed E-state index contributed by atoms with van der Waals surface area (Å²) in [5, 5.41) is 12.6. The van der Waals surface area contributed by atoms with E-state index in [1.165, 1.54) is 23.0 Å². The quantitative estimate of drug-likeness (QED) is 0.401. The fourth-order valence-electron chi connectivity index (χ4n) is 2.75. The van der Waals surface area contributed by atoms with E-state index in [-0.39, 0.29) is 23.9 Å². The van der Waals surface area contributed by atoms with E-state index in [0.29, 0.717) is 34.3 Å². The van der Waals surface area contributed by atoms with Crippen LogP contribution in [-0.2, 0) is 0 Å². The van der Waals surface area contributed by atoms with E-state index < -0.39 is 0 Å². The molecule has 0 spiro atoms. The average molecular weight is 372 g/mol. The number of carbonyl (C=O) groups is 3. The van der Waals surface area contributed by atoms with Crippen molar-refractivity contribution in [3.8, 4) is 0 Å². The molecule has 1 aliphatic heterocycles. The fraction of sp³-hybridized carbons (Fsp3) is 0.312. The number of aromatic nitrogens is 3. The molecule has 2 heterocycles. The highest BCUT2D eigenvalue weighted by molar-refractivity contribution is 7.99. The summed E-state index contributed by atoms with van der Waals surface area (Å²) in [7, 11) is 0. The lowest BCUT2D eigenvalue weighted by Crippen LogP contribution is -2.31. The first kappa shape index (κ1) is 16.6. The molecule has 1 aliphatic carbocycles. The molecule has 1 aromatic carbocycles. The number of hydrogen-bond donors (Lipinski definition) is 3. The van der Waals surface area contributed by atoms with E-state index >= 15 is 0 Å². The van der Waals surface area contributed by atoms with Gasteiger partial charge in [-0.2, -0.15) is 5.10 Å². The topological polar surface area (TPSA) is 120 Å². The molecule has 9 nitrogen and oxygen atoms in total. The molecule has 10 heteroatoms. The van der Waals surface area contributed by atoms with Gasteiger partial charge < -0.3 is 10.6 Å². The fourth-order valence-corrected chi connectivity index (χ4v) is 3.39. The molecule has 0 radical (unpaired) electrons. The number of nitrogens with one attached hydrogen (secondary N) is 3. The van der Waals surface area contributed by atoms with Gasteiger partial charge in [-0.05, 0) is 31.0 Å². The monoisotopic (exact) mass is 372 g/mol. The number of anilines is 1. The van der Waals surface area contributed by atoms with E-state index in [0.717, 1.165) is 12.8 Å². The number of hydrogen-bond acceptors (Lipinski definition) is 6. The van der Waals surface area contributed by atoms with Crippen molar-refractivity contribution in [3.63, 3.8) is 0 Å². The summed E-state index contributed by atoms with van der Waals surface area (Å²) in [5.41, 5.74) is 1.22. The minimum atomic E-state index is -0.376. The van der Waals surface area contributed by atoms with Gasteiger partial charge in [-0.25, -0.2) is 9.78 Å². The third-order valence-electron chi connectivity index (χ3n) is 4.11. The molecule has 0 bridgehead atoms. The van der Waals surface area contributed by atoms with Gasteiger partial charge in [-0.15, -0.1) is 0 Å². The first-order valence-corrected chi connectivity index (χ1v) is 9.17. The van der Waals surface area contributed by atoms with Gasteiger partial charge in [0.05, 0.1) is 11.1 Å². The molecule has 0 unspecified atom stereocenters. The highest BCUT2D eigenvalue weighted by atomic mass is 32.2. The van der Waals surface area contributed by atoms with Crippen LogP contribution in [-0.4, -0.2) is 56.3 Å². The summed E-state index contributed by atoms with van der Waals surface area (Å²) in [6, 6.07) is 4.43. The van der Waals surface area contributed by atoms with Crippen LogP contribution in [0.25, 0.3) is 0 Å². The summed E-state index contributed by atoms with van der Waals surface area (Å²) >= 11 is 1.44. The molecule has 4 amide bonds. The first-order chi connectivity index (χ1) is 12.6. The lowest BCUT2D eigenvalue weighted by Gasteiger charge is -2.11. The molecule has 1 saturated carbocycles. The molecule has 1 fully saturated rings. The van der Waals surface area contributed by atoms with Crippen molar-refractivity contribution >= 4 is 35.3 Å². The Morgan fingerprint density at radius 1 is 1.27 bits per heavy atom. The maximum Gasteiger partial charge on any atom is 0.319 e. The third-order valence-corrected chi connectivity index (χ3v) is 4.99. The van der Waals surface area contributed by atoms with Crippen molar-refractivity contribution in [2.24, 2.45) is 0 Å². The molecule has 134 valence electrons. The summed E-state index contributed by atoms with van der Waals surface area (Å²) < 4.78 is 0. The van der Waals surface area contributed by atoms with Crippen molar-refractivity contribution < 1.29 is 14.4 Å². The van der Waals surface area contributed by atoms with Crippen LogP contribution >= 0.6 is 11.8 Å². The Morgan fingerprint density at radius 2 is 2.08 bits per heavy atom. The number of benzene rings is 1. The van der Waals surface area contributed by atoms with Gasteiger partial charge in [0.25, 0.3) is 11.8 Å². The number of rotatable bonds is 6. The number of aromatic amines is 1. The van der Waals surface area contributed by atoms with Crippen LogP contribution < -0.4 is 10.6 Å². The maximum absolute atomic E-state index is 12.4. The van der Waals surface area contributed by atoms with Crippen LogP contribution in [0.1, 0.15) is 33.6 Å². The van der Waals surface area contributed by atoms with Crippen molar-refractivity contribution in [1.29, 1.82) is 0 Å². The Kier molecular flexibility index (Phi) is 4.33. The van der Waals surface area contributed by atoms with E-state index in [1.807, 2.05) is 0 Å². The number of H-pyrrole nitrogens is 1. The Labute approximate surface area is 152 Å². The van der Waals surface area contributed by atoms with Crippen LogP contribution in [0.15, 0.2) is 29.7 Å². The molecule has 2 aliphatic rings. The van der Waals surface area contributed by atoms with Gasteiger partial charge in [0.1, 0.15) is 6.33 Å². The predicted molar refractivity (Wildman–Crippen MR) is 94.1 cm³/mol. The van der Waals surface area contributed by atoms with Gasteiger partial charge in [-0.1, -0.05) is 11.8 Å². The van der Waals surface area contributed by atoms with Crippen LogP contribution in [0.5, 0.6) is 0 Å². The van der Waals surface area contributed by atoms with Crippen molar-refractivity contribution in [2.75, 3.05) is 17.6 Å².